The first-order chi connectivity index (χ1) is 15.7. The summed E-state index contributed by atoms with van der Waals surface area (Å²) < 4.78 is 11.8. The number of nitrogens with one attached hydrogen (secondary N) is 1. The van der Waals surface area contributed by atoms with E-state index < -0.39 is 18.1 Å². The largest absolute Gasteiger partial charge is 0.459 e. The summed E-state index contributed by atoms with van der Waals surface area (Å²) in [5.74, 6) is -0.537. The number of benzene rings is 3. The molecule has 0 radical (unpaired) electrons. The number of amides is 1. The maximum atomic E-state index is 12.8. The summed E-state index contributed by atoms with van der Waals surface area (Å²) in [5, 5.41) is 3.38. The number of fused-ring (bicyclic) bond motifs is 1. The Kier molecular flexibility index (Phi) is 7.09. The van der Waals surface area contributed by atoms with Crippen molar-refractivity contribution in [2.75, 3.05) is 0 Å². The first kappa shape index (κ1) is 21.5. The smallest absolute Gasteiger partial charge is 0.408 e. The molecule has 0 aliphatic rings. The number of alkyl carbamates (subject to hydrolysis) is 1. The molecule has 0 fully saturated rings. The van der Waals surface area contributed by atoms with E-state index in [1.165, 1.54) is 11.3 Å². The number of nitrogens with zero attached hydrogens (tertiary/aromatic N) is 1. The SMILES string of the molecule is O=C(NC(Cc1nc2ccccc2s1)C(=O)OCc1ccccc1)OCc1ccccc1. The topological polar surface area (TPSA) is 77.5 Å². The van der Waals surface area contributed by atoms with Gasteiger partial charge >= 0.3 is 12.1 Å². The normalized spacial score (nSPS) is 11.6. The Morgan fingerprint density at radius 1 is 0.812 bits per heavy atom. The summed E-state index contributed by atoms with van der Waals surface area (Å²) in [6.07, 6.45) is -0.468. The predicted molar refractivity (Wildman–Crippen MR) is 123 cm³/mol. The highest BCUT2D eigenvalue weighted by Crippen LogP contribution is 2.23. The molecule has 7 heteroatoms. The summed E-state index contributed by atoms with van der Waals surface area (Å²) in [5.41, 5.74) is 2.58. The minimum atomic E-state index is -0.914. The van der Waals surface area contributed by atoms with Crippen molar-refractivity contribution in [3.05, 3.63) is 101 Å². The number of para-hydroxylation sites is 1. The average molecular weight is 447 g/mol. The first-order valence-electron chi connectivity index (χ1n) is 10.2. The van der Waals surface area contributed by atoms with Crippen LogP contribution in [0.1, 0.15) is 16.1 Å². The lowest BCUT2D eigenvalue weighted by Crippen LogP contribution is -2.43. The Labute approximate surface area is 189 Å². The van der Waals surface area contributed by atoms with Gasteiger partial charge < -0.3 is 14.8 Å². The number of thiazole rings is 1. The Hall–Kier alpha value is -3.71. The molecule has 4 aromatic rings. The summed E-state index contributed by atoms with van der Waals surface area (Å²) >= 11 is 1.48. The molecule has 0 aliphatic carbocycles. The summed E-state index contributed by atoms with van der Waals surface area (Å²) in [4.78, 5) is 29.8. The number of ether oxygens (including phenoxy) is 2. The molecular formula is C25H22N2O4S. The number of hydrogen-bond donors (Lipinski definition) is 1. The number of rotatable bonds is 8. The van der Waals surface area contributed by atoms with Crippen LogP contribution in [0.15, 0.2) is 84.9 Å². The minimum absolute atomic E-state index is 0.111. The summed E-state index contributed by atoms with van der Waals surface area (Å²) in [6.45, 7) is 0.232. The molecule has 1 unspecified atom stereocenters. The second kappa shape index (κ2) is 10.5. The highest BCUT2D eigenvalue weighted by molar-refractivity contribution is 7.18. The molecule has 1 heterocycles. The molecule has 0 aliphatic heterocycles. The summed E-state index contributed by atoms with van der Waals surface area (Å²) in [7, 11) is 0. The molecule has 6 nitrogen and oxygen atoms in total. The highest BCUT2D eigenvalue weighted by Gasteiger charge is 2.25. The van der Waals surface area contributed by atoms with Crippen molar-refractivity contribution in [3.63, 3.8) is 0 Å². The van der Waals surface area contributed by atoms with E-state index in [0.29, 0.717) is 0 Å². The van der Waals surface area contributed by atoms with Crippen LogP contribution in [0.2, 0.25) is 0 Å². The van der Waals surface area contributed by atoms with E-state index in [0.717, 1.165) is 26.4 Å². The lowest BCUT2D eigenvalue weighted by molar-refractivity contribution is -0.147. The number of carbonyl (C=O) groups excluding carboxylic acids is 2. The molecule has 0 saturated heterocycles. The number of carbonyl (C=O) groups is 2. The lowest BCUT2D eigenvalue weighted by Gasteiger charge is -2.17. The highest BCUT2D eigenvalue weighted by atomic mass is 32.1. The number of aromatic nitrogens is 1. The van der Waals surface area contributed by atoms with Gasteiger partial charge in [0.05, 0.1) is 15.2 Å². The van der Waals surface area contributed by atoms with Crippen LogP contribution in [0.3, 0.4) is 0 Å². The van der Waals surface area contributed by atoms with Crippen LogP contribution >= 0.6 is 11.3 Å². The molecule has 162 valence electrons. The van der Waals surface area contributed by atoms with E-state index in [1.807, 2.05) is 84.9 Å². The zero-order valence-corrected chi connectivity index (χ0v) is 18.1. The Morgan fingerprint density at radius 2 is 1.41 bits per heavy atom. The van der Waals surface area contributed by atoms with E-state index in [-0.39, 0.29) is 19.6 Å². The van der Waals surface area contributed by atoms with Gasteiger partial charge in [0.1, 0.15) is 19.3 Å². The van der Waals surface area contributed by atoms with Gasteiger partial charge in [-0.1, -0.05) is 72.8 Å². The van der Waals surface area contributed by atoms with Crippen LogP contribution in [0.4, 0.5) is 4.79 Å². The van der Waals surface area contributed by atoms with Crippen LogP contribution in [0.25, 0.3) is 10.2 Å². The van der Waals surface area contributed by atoms with Gasteiger partial charge in [0.15, 0.2) is 0 Å². The minimum Gasteiger partial charge on any atom is -0.459 e. The first-order valence-corrected chi connectivity index (χ1v) is 11.0. The lowest BCUT2D eigenvalue weighted by atomic mass is 10.2. The van der Waals surface area contributed by atoms with Crippen LogP contribution < -0.4 is 5.32 Å². The van der Waals surface area contributed by atoms with Gasteiger partial charge in [0.25, 0.3) is 0 Å². The quantitative estimate of drug-likeness (QED) is 0.391. The van der Waals surface area contributed by atoms with Gasteiger partial charge in [-0.15, -0.1) is 11.3 Å². The zero-order chi connectivity index (χ0) is 22.2. The van der Waals surface area contributed by atoms with Gasteiger partial charge in [0.2, 0.25) is 0 Å². The van der Waals surface area contributed by atoms with Crippen molar-refractivity contribution in [3.8, 4) is 0 Å². The van der Waals surface area contributed by atoms with Crippen molar-refractivity contribution in [1.29, 1.82) is 0 Å². The van der Waals surface area contributed by atoms with Crippen molar-refractivity contribution in [1.82, 2.24) is 10.3 Å². The number of esters is 1. The molecule has 4 rings (SSSR count). The average Bonchev–Trinajstić information content (AvgIpc) is 3.24. The third-order valence-corrected chi connectivity index (χ3v) is 5.79. The molecule has 1 atom stereocenters. The van der Waals surface area contributed by atoms with Gasteiger partial charge in [0, 0.05) is 6.42 Å². The Morgan fingerprint density at radius 3 is 2.06 bits per heavy atom. The van der Waals surface area contributed by atoms with Crippen LogP contribution in [0.5, 0.6) is 0 Å². The van der Waals surface area contributed by atoms with Crippen molar-refractivity contribution in [2.24, 2.45) is 0 Å². The van der Waals surface area contributed by atoms with Gasteiger partial charge in [-0.05, 0) is 23.3 Å². The van der Waals surface area contributed by atoms with E-state index >= 15 is 0 Å². The van der Waals surface area contributed by atoms with Gasteiger partial charge in [-0.25, -0.2) is 14.6 Å². The van der Waals surface area contributed by atoms with Crippen molar-refractivity contribution in [2.45, 2.75) is 25.7 Å². The summed E-state index contributed by atoms with van der Waals surface area (Å²) in [6, 6.07) is 25.6. The zero-order valence-electron chi connectivity index (χ0n) is 17.3. The molecular weight excluding hydrogens is 424 g/mol. The molecule has 1 aromatic heterocycles. The fraction of sp³-hybridized carbons (Fsp3) is 0.160. The van der Waals surface area contributed by atoms with Crippen LogP contribution in [-0.4, -0.2) is 23.1 Å². The monoisotopic (exact) mass is 446 g/mol. The van der Waals surface area contributed by atoms with Crippen molar-refractivity contribution >= 4 is 33.6 Å². The Balaban J connectivity index is 1.43. The number of hydrogen-bond acceptors (Lipinski definition) is 6. The third-order valence-electron chi connectivity index (χ3n) is 4.73. The second-order valence-electron chi connectivity index (χ2n) is 7.13. The van der Waals surface area contributed by atoms with Gasteiger partial charge in [-0.3, -0.25) is 0 Å². The van der Waals surface area contributed by atoms with E-state index in [9.17, 15) is 9.59 Å². The van der Waals surface area contributed by atoms with Crippen LogP contribution in [0, 0.1) is 0 Å². The van der Waals surface area contributed by atoms with Crippen LogP contribution in [-0.2, 0) is 33.9 Å². The molecule has 0 spiro atoms. The standard InChI is InChI=1S/C25H22N2O4S/c28-24(30-16-18-9-3-1-4-10-18)21(15-23-26-20-13-7-8-14-22(20)32-23)27-25(29)31-17-19-11-5-2-6-12-19/h1-14,21H,15-17H2,(H,27,29). The third kappa shape index (κ3) is 5.92. The second-order valence-corrected chi connectivity index (χ2v) is 8.25. The fourth-order valence-corrected chi connectivity index (χ4v) is 4.12. The van der Waals surface area contributed by atoms with E-state index in [1.54, 1.807) is 0 Å². The maximum Gasteiger partial charge on any atom is 0.408 e. The molecule has 1 amide bonds. The maximum absolute atomic E-state index is 12.8. The molecule has 3 aromatic carbocycles. The molecule has 0 saturated carbocycles. The molecule has 1 N–H and O–H groups in total. The molecule has 0 bridgehead atoms. The van der Waals surface area contributed by atoms with Gasteiger partial charge in [-0.2, -0.15) is 0 Å². The van der Waals surface area contributed by atoms with E-state index in [2.05, 4.69) is 10.3 Å². The predicted octanol–water partition coefficient (Wildman–Crippen LogP) is 4.88. The fourth-order valence-electron chi connectivity index (χ4n) is 3.11. The molecule has 32 heavy (non-hydrogen) atoms. The van der Waals surface area contributed by atoms with Crippen molar-refractivity contribution < 1.29 is 19.1 Å². The Bertz CT molecular complexity index is 1150. The van der Waals surface area contributed by atoms with E-state index in [4.69, 9.17) is 9.47 Å².